The van der Waals surface area contributed by atoms with Gasteiger partial charge in [-0.2, -0.15) is 0 Å². The lowest BCUT2D eigenvalue weighted by Crippen LogP contribution is -2.40. The first kappa shape index (κ1) is 20.4. The van der Waals surface area contributed by atoms with Crippen LogP contribution in [0.4, 0.5) is 0 Å². The molecule has 1 aliphatic heterocycles. The van der Waals surface area contributed by atoms with Crippen LogP contribution >= 0.6 is 0 Å². The van der Waals surface area contributed by atoms with E-state index in [0.29, 0.717) is 0 Å². The minimum absolute atomic E-state index is 0.153. The van der Waals surface area contributed by atoms with Crippen molar-refractivity contribution in [3.63, 3.8) is 0 Å². The van der Waals surface area contributed by atoms with Crippen molar-refractivity contribution < 1.29 is 9.53 Å². The van der Waals surface area contributed by atoms with E-state index < -0.39 is 0 Å². The van der Waals surface area contributed by atoms with Gasteiger partial charge in [-0.1, -0.05) is 48.0 Å². The number of carbonyl (C=O) groups is 1. The normalized spacial score (nSPS) is 15.4. The molecule has 0 aromatic heterocycles. The maximum Gasteiger partial charge on any atom is 0.223 e. The van der Waals surface area contributed by atoms with E-state index in [9.17, 15) is 4.79 Å². The third kappa shape index (κ3) is 5.83. The lowest BCUT2D eigenvalue weighted by Gasteiger charge is -2.31. The van der Waals surface area contributed by atoms with Gasteiger partial charge in [0.15, 0.2) is 0 Å². The maximum atomic E-state index is 12.5. The van der Waals surface area contributed by atoms with Crippen LogP contribution < -0.4 is 10.1 Å². The average molecular weight is 381 g/mol. The van der Waals surface area contributed by atoms with Gasteiger partial charge < -0.3 is 10.1 Å². The van der Waals surface area contributed by atoms with Crippen LogP contribution in [-0.4, -0.2) is 37.6 Å². The third-order valence-corrected chi connectivity index (χ3v) is 5.56. The summed E-state index contributed by atoms with van der Waals surface area (Å²) in [6.45, 7) is 5.82. The minimum atomic E-state index is 0.153. The summed E-state index contributed by atoms with van der Waals surface area (Å²) in [4.78, 5) is 14.9. The number of aryl methyl sites for hydroxylation is 2. The molecule has 4 nitrogen and oxygen atoms in total. The smallest absolute Gasteiger partial charge is 0.223 e. The Hall–Kier alpha value is -2.33. The molecule has 28 heavy (non-hydrogen) atoms. The van der Waals surface area contributed by atoms with Crippen LogP contribution in [0.2, 0.25) is 0 Å². The zero-order valence-electron chi connectivity index (χ0n) is 17.1. The molecule has 0 unspecified atom stereocenters. The van der Waals surface area contributed by atoms with Gasteiger partial charge in [0.05, 0.1) is 7.11 Å². The van der Waals surface area contributed by atoms with Gasteiger partial charge in [0.1, 0.15) is 5.75 Å². The molecule has 0 aliphatic carbocycles. The first-order chi connectivity index (χ1) is 13.7. The summed E-state index contributed by atoms with van der Waals surface area (Å²) in [6, 6.07) is 16.8. The van der Waals surface area contributed by atoms with E-state index in [0.717, 1.165) is 57.6 Å². The molecule has 1 fully saturated rings. The summed E-state index contributed by atoms with van der Waals surface area (Å²) in [5.41, 5.74) is 3.86. The van der Waals surface area contributed by atoms with E-state index in [4.69, 9.17) is 4.74 Å². The second-order valence-electron chi connectivity index (χ2n) is 7.75. The molecule has 1 saturated heterocycles. The van der Waals surface area contributed by atoms with Crippen molar-refractivity contribution in [3.8, 4) is 5.75 Å². The number of para-hydroxylation sites is 1. The zero-order chi connectivity index (χ0) is 19.8. The quantitative estimate of drug-likeness (QED) is 0.705. The standard InChI is InChI=1S/C24H32N2O2/c1-19-7-5-8-20(17-19)18-26-15-12-22(13-16-26)24(27)25-14-6-10-21-9-3-4-11-23(21)28-2/h3-5,7-9,11,17,22H,6,10,12-16,18H2,1-2H3,(H,25,27). The first-order valence-electron chi connectivity index (χ1n) is 10.3. The van der Waals surface area contributed by atoms with Gasteiger partial charge in [0, 0.05) is 19.0 Å². The first-order valence-corrected chi connectivity index (χ1v) is 10.3. The number of rotatable bonds is 8. The third-order valence-electron chi connectivity index (χ3n) is 5.56. The van der Waals surface area contributed by atoms with E-state index in [1.807, 2.05) is 18.2 Å². The summed E-state index contributed by atoms with van der Waals surface area (Å²) in [6.07, 6.45) is 3.74. The highest BCUT2D eigenvalue weighted by Crippen LogP contribution is 2.20. The Morgan fingerprint density at radius 2 is 1.93 bits per heavy atom. The van der Waals surface area contributed by atoms with Crippen LogP contribution in [0.15, 0.2) is 48.5 Å². The van der Waals surface area contributed by atoms with Gasteiger partial charge in [0.25, 0.3) is 0 Å². The molecule has 2 aromatic carbocycles. The molecule has 0 bridgehead atoms. The van der Waals surface area contributed by atoms with E-state index in [1.54, 1.807) is 7.11 Å². The van der Waals surface area contributed by atoms with E-state index >= 15 is 0 Å². The predicted molar refractivity (Wildman–Crippen MR) is 114 cm³/mol. The molecular weight excluding hydrogens is 348 g/mol. The Morgan fingerprint density at radius 3 is 2.68 bits per heavy atom. The highest BCUT2D eigenvalue weighted by molar-refractivity contribution is 5.78. The van der Waals surface area contributed by atoms with Crippen LogP contribution in [0.3, 0.4) is 0 Å². The summed E-state index contributed by atoms with van der Waals surface area (Å²) < 4.78 is 5.39. The largest absolute Gasteiger partial charge is 0.496 e. The van der Waals surface area contributed by atoms with E-state index in [-0.39, 0.29) is 11.8 Å². The van der Waals surface area contributed by atoms with Crippen LogP contribution in [0.25, 0.3) is 0 Å². The Kier molecular flexibility index (Phi) is 7.49. The monoisotopic (exact) mass is 380 g/mol. The molecule has 0 atom stereocenters. The number of hydrogen-bond acceptors (Lipinski definition) is 3. The molecule has 0 saturated carbocycles. The summed E-state index contributed by atoms with van der Waals surface area (Å²) in [7, 11) is 1.70. The van der Waals surface area contributed by atoms with Gasteiger partial charge >= 0.3 is 0 Å². The molecule has 0 spiro atoms. The summed E-state index contributed by atoms with van der Waals surface area (Å²) in [5.74, 6) is 1.30. The van der Waals surface area contributed by atoms with Crippen molar-refractivity contribution in [1.29, 1.82) is 0 Å². The van der Waals surface area contributed by atoms with Crippen molar-refractivity contribution in [1.82, 2.24) is 10.2 Å². The van der Waals surface area contributed by atoms with Crippen LogP contribution in [0.5, 0.6) is 5.75 Å². The van der Waals surface area contributed by atoms with Gasteiger partial charge in [-0.3, -0.25) is 9.69 Å². The Balaban J connectivity index is 1.36. The Labute approximate surface area is 168 Å². The number of amides is 1. The molecule has 1 N–H and O–H groups in total. The number of methoxy groups -OCH3 is 1. The van der Waals surface area contributed by atoms with Crippen molar-refractivity contribution in [2.75, 3.05) is 26.7 Å². The number of ether oxygens (including phenoxy) is 1. The summed E-state index contributed by atoms with van der Waals surface area (Å²) in [5, 5.41) is 3.13. The van der Waals surface area contributed by atoms with Gasteiger partial charge in [-0.25, -0.2) is 0 Å². The van der Waals surface area contributed by atoms with Crippen LogP contribution in [0, 0.1) is 12.8 Å². The number of nitrogens with zero attached hydrogens (tertiary/aromatic N) is 1. The van der Waals surface area contributed by atoms with E-state index in [1.165, 1.54) is 16.7 Å². The van der Waals surface area contributed by atoms with Crippen molar-refractivity contribution >= 4 is 5.91 Å². The van der Waals surface area contributed by atoms with E-state index in [2.05, 4.69) is 47.5 Å². The number of piperidine rings is 1. The van der Waals surface area contributed by atoms with Crippen LogP contribution in [0.1, 0.15) is 36.0 Å². The number of likely N-dealkylation sites (tertiary alicyclic amines) is 1. The van der Waals surface area contributed by atoms with Crippen molar-refractivity contribution in [3.05, 3.63) is 65.2 Å². The maximum absolute atomic E-state index is 12.5. The molecule has 1 aliphatic rings. The molecular formula is C24H32N2O2. The predicted octanol–water partition coefficient (Wildman–Crippen LogP) is 3.96. The highest BCUT2D eigenvalue weighted by atomic mass is 16.5. The zero-order valence-corrected chi connectivity index (χ0v) is 17.1. The molecule has 1 amide bonds. The molecule has 2 aromatic rings. The lowest BCUT2D eigenvalue weighted by atomic mass is 9.95. The van der Waals surface area contributed by atoms with Crippen molar-refractivity contribution in [2.45, 2.75) is 39.2 Å². The second-order valence-corrected chi connectivity index (χ2v) is 7.75. The van der Waals surface area contributed by atoms with Crippen molar-refractivity contribution in [2.24, 2.45) is 5.92 Å². The summed E-state index contributed by atoms with van der Waals surface area (Å²) >= 11 is 0. The van der Waals surface area contributed by atoms with Gasteiger partial charge in [0.2, 0.25) is 5.91 Å². The topological polar surface area (TPSA) is 41.6 Å². The van der Waals surface area contributed by atoms with Gasteiger partial charge in [-0.15, -0.1) is 0 Å². The Morgan fingerprint density at radius 1 is 1.14 bits per heavy atom. The second kappa shape index (κ2) is 10.3. The molecule has 3 rings (SSSR count). The van der Waals surface area contributed by atoms with Crippen LogP contribution in [-0.2, 0) is 17.8 Å². The molecule has 150 valence electrons. The fraction of sp³-hybridized carbons (Fsp3) is 0.458. The average Bonchev–Trinajstić information content (AvgIpc) is 2.72. The SMILES string of the molecule is COc1ccccc1CCCNC(=O)C1CCN(Cc2cccc(C)c2)CC1. The number of carbonyl (C=O) groups excluding carboxylic acids is 1. The fourth-order valence-corrected chi connectivity index (χ4v) is 3.97. The van der Waals surface area contributed by atoms with Gasteiger partial charge in [-0.05, 0) is 62.9 Å². The fourth-order valence-electron chi connectivity index (χ4n) is 3.97. The molecule has 4 heteroatoms. The lowest BCUT2D eigenvalue weighted by molar-refractivity contribution is -0.126. The Bertz CT molecular complexity index is 767. The number of benzene rings is 2. The number of hydrogen-bond donors (Lipinski definition) is 1. The number of nitrogens with one attached hydrogen (secondary N) is 1. The molecule has 0 radical (unpaired) electrons. The minimum Gasteiger partial charge on any atom is -0.496 e. The highest BCUT2D eigenvalue weighted by Gasteiger charge is 2.24. The molecule has 1 heterocycles.